The second-order valence-corrected chi connectivity index (χ2v) is 6.34. The summed E-state index contributed by atoms with van der Waals surface area (Å²) >= 11 is 0. The van der Waals surface area contributed by atoms with Gasteiger partial charge in [0.2, 0.25) is 0 Å². The van der Waals surface area contributed by atoms with E-state index in [1.54, 1.807) is 18.6 Å². The van der Waals surface area contributed by atoms with Gasteiger partial charge < -0.3 is 9.64 Å². The van der Waals surface area contributed by atoms with Gasteiger partial charge in [-0.1, -0.05) is 12.1 Å². The van der Waals surface area contributed by atoms with Crippen molar-refractivity contribution < 1.29 is 4.74 Å². The Labute approximate surface area is 147 Å². The Kier molecular flexibility index (Phi) is 4.39. The molecule has 4 rings (SSSR count). The van der Waals surface area contributed by atoms with E-state index in [0.717, 1.165) is 36.5 Å². The maximum atomic E-state index is 6.24. The van der Waals surface area contributed by atoms with Crippen molar-refractivity contribution in [3.8, 4) is 17.0 Å². The van der Waals surface area contributed by atoms with Gasteiger partial charge in [0.1, 0.15) is 11.9 Å². The van der Waals surface area contributed by atoms with E-state index in [9.17, 15) is 0 Å². The minimum absolute atomic E-state index is 0.0278. The quantitative estimate of drug-likeness (QED) is 0.735. The molecule has 1 aliphatic rings. The number of ether oxygens (including phenoxy) is 1. The first-order valence-corrected chi connectivity index (χ1v) is 8.46. The van der Waals surface area contributed by atoms with Crippen molar-refractivity contribution in [1.29, 1.82) is 0 Å². The third-order valence-electron chi connectivity index (χ3n) is 4.48. The van der Waals surface area contributed by atoms with Crippen molar-refractivity contribution in [2.45, 2.75) is 19.1 Å². The molecule has 2 aromatic heterocycles. The Hall–Kier alpha value is -2.79. The highest BCUT2D eigenvalue weighted by molar-refractivity contribution is 5.60. The van der Waals surface area contributed by atoms with Gasteiger partial charge in [-0.15, -0.1) is 0 Å². The summed E-state index contributed by atoms with van der Waals surface area (Å²) < 4.78 is 6.24. The van der Waals surface area contributed by atoms with Crippen LogP contribution in [0.15, 0.2) is 61.1 Å². The minimum Gasteiger partial charge on any atom is -0.484 e. The predicted octanol–water partition coefficient (Wildman–Crippen LogP) is 3.49. The first-order chi connectivity index (χ1) is 12.3. The Bertz CT molecular complexity index is 839. The van der Waals surface area contributed by atoms with Gasteiger partial charge in [0.15, 0.2) is 0 Å². The summed E-state index contributed by atoms with van der Waals surface area (Å²) in [6, 6.07) is 14.2. The monoisotopic (exact) mass is 332 g/mol. The predicted molar refractivity (Wildman–Crippen MR) is 96.0 cm³/mol. The molecule has 1 aromatic carbocycles. The smallest absolute Gasteiger partial charge is 0.138 e. The van der Waals surface area contributed by atoms with Gasteiger partial charge in [-0.05, 0) is 48.5 Å². The average molecular weight is 332 g/mol. The Morgan fingerprint density at radius 3 is 2.84 bits per heavy atom. The largest absolute Gasteiger partial charge is 0.484 e. The lowest BCUT2D eigenvalue weighted by atomic mass is 9.97. The number of benzene rings is 1. The fourth-order valence-corrected chi connectivity index (χ4v) is 3.24. The molecule has 0 amide bonds. The minimum atomic E-state index is 0.0278. The van der Waals surface area contributed by atoms with Crippen LogP contribution >= 0.6 is 0 Å². The topological polar surface area (TPSA) is 51.1 Å². The summed E-state index contributed by atoms with van der Waals surface area (Å²) in [5, 5.41) is 8.21. The summed E-state index contributed by atoms with van der Waals surface area (Å²) in [5.41, 5.74) is 4.49. The molecule has 5 heteroatoms. The SMILES string of the molecule is CN1CCC(Oc2cccnc2)c2ccc(-c3cccnn3)cc2C1. The molecule has 0 fully saturated rings. The summed E-state index contributed by atoms with van der Waals surface area (Å²) in [5.74, 6) is 0.806. The molecule has 1 atom stereocenters. The highest BCUT2D eigenvalue weighted by Crippen LogP contribution is 2.32. The second kappa shape index (κ2) is 6.99. The second-order valence-electron chi connectivity index (χ2n) is 6.34. The van der Waals surface area contributed by atoms with Gasteiger partial charge in [0.05, 0.1) is 11.9 Å². The lowest BCUT2D eigenvalue weighted by Crippen LogP contribution is -2.18. The molecule has 0 aliphatic carbocycles. The standard InChI is InChI=1S/C20H20N4O/c1-24-11-8-20(25-17-4-2-9-21-13-17)18-7-6-15(12-16(18)14-24)19-5-3-10-22-23-19/h2-7,9-10,12-13,20H,8,11,14H2,1H3. The molecular weight excluding hydrogens is 312 g/mol. The molecule has 1 unspecified atom stereocenters. The Morgan fingerprint density at radius 2 is 2.04 bits per heavy atom. The Balaban J connectivity index is 1.69. The van der Waals surface area contributed by atoms with Crippen LogP contribution in [0.5, 0.6) is 5.75 Å². The first kappa shape index (κ1) is 15.7. The van der Waals surface area contributed by atoms with Gasteiger partial charge in [-0.3, -0.25) is 4.98 Å². The van der Waals surface area contributed by atoms with Crippen molar-refractivity contribution in [1.82, 2.24) is 20.1 Å². The Morgan fingerprint density at radius 1 is 1.12 bits per heavy atom. The van der Waals surface area contributed by atoms with Gasteiger partial charge in [0, 0.05) is 37.5 Å². The van der Waals surface area contributed by atoms with Crippen molar-refractivity contribution in [3.05, 3.63) is 72.2 Å². The number of hydrogen-bond acceptors (Lipinski definition) is 5. The molecule has 0 N–H and O–H groups in total. The van der Waals surface area contributed by atoms with E-state index in [4.69, 9.17) is 4.74 Å². The van der Waals surface area contributed by atoms with E-state index in [-0.39, 0.29) is 6.10 Å². The highest BCUT2D eigenvalue weighted by Gasteiger charge is 2.23. The van der Waals surface area contributed by atoms with Crippen LogP contribution in [0.25, 0.3) is 11.3 Å². The summed E-state index contributed by atoms with van der Waals surface area (Å²) in [6.45, 7) is 1.89. The number of hydrogen-bond donors (Lipinski definition) is 0. The van der Waals surface area contributed by atoms with Crippen LogP contribution < -0.4 is 4.74 Å². The average Bonchev–Trinajstić information content (AvgIpc) is 2.81. The number of nitrogens with zero attached hydrogens (tertiary/aromatic N) is 4. The highest BCUT2D eigenvalue weighted by atomic mass is 16.5. The molecule has 0 radical (unpaired) electrons. The molecule has 1 aliphatic heterocycles. The van der Waals surface area contributed by atoms with Crippen molar-refractivity contribution >= 4 is 0 Å². The molecule has 3 aromatic rings. The summed E-state index contributed by atoms with van der Waals surface area (Å²) in [4.78, 5) is 6.47. The van der Waals surface area contributed by atoms with Gasteiger partial charge in [0.25, 0.3) is 0 Å². The van der Waals surface area contributed by atoms with E-state index in [1.165, 1.54) is 11.1 Å². The fraction of sp³-hybridized carbons (Fsp3) is 0.250. The van der Waals surface area contributed by atoms with Gasteiger partial charge >= 0.3 is 0 Å². The normalized spacial score (nSPS) is 17.6. The molecule has 0 saturated heterocycles. The van der Waals surface area contributed by atoms with Crippen molar-refractivity contribution in [2.24, 2.45) is 0 Å². The van der Waals surface area contributed by atoms with E-state index in [1.807, 2.05) is 24.3 Å². The van der Waals surface area contributed by atoms with Gasteiger partial charge in [-0.2, -0.15) is 10.2 Å². The molecule has 3 heterocycles. The third-order valence-corrected chi connectivity index (χ3v) is 4.48. The van der Waals surface area contributed by atoms with Crippen LogP contribution in [0.2, 0.25) is 0 Å². The van der Waals surface area contributed by atoms with Crippen LogP contribution in [-0.2, 0) is 6.54 Å². The summed E-state index contributed by atoms with van der Waals surface area (Å²) in [7, 11) is 2.14. The van der Waals surface area contributed by atoms with Crippen molar-refractivity contribution in [3.63, 3.8) is 0 Å². The lowest BCUT2D eigenvalue weighted by molar-refractivity contribution is 0.182. The number of pyridine rings is 1. The molecule has 126 valence electrons. The first-order valence-electron chi connectivity index (χ1n) is 8.46. The van der Waals surface area contributed by atoms with Crippen LogP contribution in [0.4, 0.5) is 0 Å². The zero-order valence-corrected chi connectivity index (χ0v) is 14.2. The van der Waals surface area contributed by atoms with Gasteiger partial charge in [-0.25, -0.2) is 0 Å². The zero-order valence-electron chi connectivity index (χ0n) is 14.2. The van der Waals surface area contributed by atoms with Crippen LogP contribution in [0.1, 0.15) is 23.7 Å². The number of aromatic nitrogens is 3. The third kappa shape index (κ3) is 3.51. The lowest BCUT2D eigenvalue weighted by Gasteiger charge is -2.19. The maximum absolute atomic E-state index is 6.24. The van der Waals surface area contributed by atoms with Crippen LogP contribution in [0.3, 0.4) is 0 Å². The molecule has 0 bridgehead atoms. The summed E-state index contributed by atoms with van der Waals surface area (Å²) in [6.07, 6.45) is 6.19. The molecule has 5 nitrogen and oxygen atoms in total. The molecule has 0 spiro atoms. The van der Waals surface area contributed by atoms with E-state index in [0.29, 0.717) is 0 Å². The number of fused-ring (bicyclic) bond motifs is 1. The molecule has 0 saturated carbocycles. The zero-order chi connectivity index (χ0) is 17.1. The van der Waals surface area contributed by atoms with E-state index >= 15 is 0 Å². The van der Waals surface area contributed by atoms with E-state index in [2.05, 4.69) is 45.3 Å². The van der Waals surface area contributed by atoms with E-state index < -0.39 is 0 Å². The molecular formula is C20H20N4O. The number of rotatable bonds is 3. The van der Waals surface area contributed by atoms with Crippen LogP contribution in [-0.4, -0.2) is 33.7 Å². The maximum Gasteiger partial charge on any atom is 0.138 e. The van der Waals surface area contributed by atoms with Crippen molar-refractivity contribution in [2.75, 3.05) is 13.6 Å². The molecule has 25 heavy (non-hydrogen) atoms. The van der Waals surface area contributed by atoms with Crippen LogP contribution in [0, 0.1) is 0 Å². The fourth-order valence-electron chi connectivity index (χ4n) is 3.24.